The lowest BCUT2D eigenvalue weighted by Gasteiger charge is -2.16. The lowest BCUT2D eigenvalue weighted by atomic mass is 10.3. The van der Waals surface area contributed by atoms with E-state index >= 15 is 0 Å². The van der Waals surface area contributed by atoms with Crippen molar-refractivity contribution in [1.82, 2.24) is 9.88 Å². The summed E-state index contributed by atoms with van der Waals surface area (Å²) in [5, 5.41) is 0. The average molecular weight is 248 g/mol. The molecule has 0 amide bonds. The number of methoxy groups -OCH3 is 1. The predicted molar refractivity (Wildman–Crippen MR) is 67.0 cm³/mol. The first-order chi connectivity index (χ1) is 8.72. The Morgan fingerprint density at radius 1 is 1.44 bits per heavy atom. The largest absolute Gasteiger partial charge is 0.468 e. The first-order valence-electron chi connectivity index (χ1n) is 5.86. The molecule has 1 aromatic carbocycles. The third-order valence-corrected chi connectivity index (χ3v) is 2.72. The zero-order chi connectivity index (χ0) is 13.0. The van der Waals surface area contributed by atoms with E-state index in [0.717, 1.165) is 17.6 Å². The summed E-state index contributed by atoms with van der Waals surface area (Å²) in [6.45, 7) is 3.45. The second kappa shape index (κ2) is 5.64. The Hall–Kier alpha value is -1.88. The fourth-order valence-corrected chi connectivity index (χ4v) is 1.71. The van der Waals surface area contributed by atoms with Gasteiger partial charge in [-0.2, -0.15) is 0 Å². The Morgan fingerprint density at radius 2 is 2.22 bits per heavy atom. The molecule has 1 heterocycles. The molecule has 0 fully saturated rings. The SMILES string of the molecule is CCN(CC(=O)OC)Cc1nc2ccccc2o1. The van der Waals surface area contributed by atoms with Crippen LogP contribution in [0.25, 0.3) is 11.1 Å². The van der Waals surface area contributed by atoms with Crippen LogP contribution in [0.15, 0.2) is 28.7 Å². The Kier molecular flexibility index (Phi) is 3.94. The van der Waals surface area contributed by atoms with E-state index in [-0.39, 0.29) is 12.5 Å². The first kappa shape index (κ1) is 12.6. The number of nitrogens with zero attached hydrogens (tertiary/aromatic N) is 2. The van der Waals surface area contributed by atoms with Crippen molar-refractivity contribution in [2.24, 2.45) is 0 Å². The molecule has 0 aliphatic rings. The summed E-state index contributed by atoms with van der Waals surface area (Å²) in [6.07, 6.45) is 0. The summed E-state index contributed by atoms with van der Waals surface area (Å²) in [5.74, 6) is 0.356. The molecule has 0 bridgehead atoms. The molecule has 2 rings (SSSR count). The van der Waals surface area contributed by atoms with Crippen LogP contribution in [0.4, 0.5) is 0 Å². The maximum Gasteiger partial charge on any atom is 0.319 e. The van der Waals surface area contributed by atoms with Gasteiger partial charge in [-0.3, -0.25) is 9.69 Å². The van der Waals surface area contributed by atoms with Gasteiger partial charge >= 0.3 is 5.97 Å². The molecule has 0 saturated carbocycles. The van der Waals surface area contributed by atoms with Gasteiger partial charge < -0.3 is 9.15 Å². The molecule has 2 aromatic rings. The van der Waals surface area contributed by atoms with Gasteiger partial charge in [-0.05, 0) is 18.7 Å². The number of likely N-dealkylation sites (N-methyl/N-ethyl adjacent to an activating group) is 1. The second-order valence-corrected chi connectivity index (χ2v) is 3.95. The average Bonchev–Trinajstić information content (AvgIpc) is 2.79. The number of hydrogen-bond acceptors (Lipinski definition) is 5. The molecule has 0 aliphatic heterocycles. The minimum atomic E-state index is -0.257. The minimum absolute atomic E-state index is 0.242. The van der Waals surface area contributed by atoms with Crippen molar-refractivity contribution in [3.05, 3.63) is 30.2 Å². The molecule has 5 heteroatoms. The van der Waals surface area contributed by atoms with Crippen molar-refractivity contribution in [3.63, 3.8) is 0 Å². The van der Waals surface area contributed by atoms with Crippen LogP contribution < -0.4 is 0 Å². The molecule has 18 heavy (non-hydrogen) atoms. The van der Waals surface area contributed by atoms with Crippen LogP contribution in [0.5, 0.6) is 0 Å². The maximum atomic E-state index is 11.2. The van der Waals surface area contributed by atoms with Gasteiger partial charge in [0.25, 0.3) is 0 Å². The van der Waals surface area contributed by atoms with Gasteiger partial charge in [0.05, 0.1) is 20.2 Å². The van der Waals surface area contributed by atoms with E-state index < -0.39 is 0 Å². The number of carbonyl (C=O) groups excluding carboxylic acids is 1. The van der Waals surface area contributed by atoms with Crippen LogP contribution >= 0.6 is 0 Å². The number of esters is 1. The lowest BCUT2D eigenvalue weighted by molar-refractivity contribution is -0.142. The zero-order valence-corrected chi connectivity index (χ0v) is 10.5. The predicted octanol–water partition coefficient (Wildman–Crippen LogP) is 1.82. The number of rotatable bonds is 5. The highest BCUT2D eigenvalue weighted by molar-refractivity contribution is 5.72. The van der Waals surface area contributed by atoms with Gasteiger partial charge in [-0.1, -0.05) is 19.1 Å². The van der Waals surface area contributed by atoms with E-state index in [9.17, 15) is 4.79 Å². The molecular weight excluding hydrogens is 232 g/mol. The molecular formula is C13H16N2O3. The van der Waals surface area contributed by atoms with Crippen molar-refractivity contribution in [2.45, 2.75) is 13.5 Å². The van der Waals surface area contributed by atoms with Gasteiger partial charge in [0, 0.05) is 0 Å². The van der Waals surface area contributed by atoms with Crippen LogP contribution in [0.2, 0.25) is 0 Å². The monoisotopic (exact) mass is 248 g/mol. The van der Waals surface area contributed by atoms with Gasteiger partial charge in [0.2, 0.25) is 5.89 Å². The van der Waals surface area contributed by atoms with Crippen LogP contribution in [0.1, 0.15) is 12.8 Å². The van der Waals surface area contributed by atoms with E-state index in [4.69, 9.17) is 4.42 Å². The molecule has 0 radical (unpaired) electrons. The van der Waals surface area contributed by atoms with E-state index in [1.54, 1.807) is 0 Å². The lowest BCUT2D eigenvalue weighted by Crippen LogP contribution is -2.30. The minimum Gasteiger partial charge on any atom is -0.468 e. The molecule has 1 aromatic heterocycles. The summed E-state index contributed by atoms with van der Waals surface area (Å²) < 4.78 is 10.3. The fourth-order valence-electron chi connectivity index (χ4n) is 1.71. The van der Waals surface area contributed by atoms with E-state index in [0.29, 0.717) is 12.4 Å². The van der Waals surface area contributed by atoms with Crippen LogP contribution in [0.3, 0.4) is 0 Å². The molecule has 0 unspecified atom stereocenters. The van der Waals surface area contributed by atoms with Crippen molar-refractivity contribution in [2.75, 3.05) is 20.2 Å². The van der Waals surface area contributed by atoms with Crippen molar-refractivity contribution in [1.29, 1.82) is 0 Å². The number of carbonyl (C=O) groups is 1. The van der Waals surface area contributed by atoms with Gasteiger partial charge in [-0.25, -0.2) is 4.98 Å². The van der Waals surface area contributed by atoms with Crippen LogP contribution in [0, 0.1) is 0 Å². The molecule has 0 aliphatic carbocycles. The normalized spacial score (nSPS) is 11.1. The summed E-state index contributed by atoms with van der Waals surface area (Å²) in [4.78, 5) is 17.5. The summed E-state index contributed by atoms with van der Waals surface area (Å²) in [7, 11) is 1.38. The third kappa shape index (κ3) is 2.87. The van der Waals surface area contributed by atoms with Crippen molar-refractivity contribution < 1.29 is 13.9 Å². The molecule has 0 N–H and O–H groups in total. The zero-order valence-electron chi connectivity index (χ0n) is 10.5. The van der Waals surface area contributed by atoms with Crippen LogP contribution in [-0.4, -0.2) is 36.1 Å². The number of fused-ring (bicyclic) bond motifs is 1. The topological polar surface area (TPSA) is 55.6 Å². The number of ether oxygens (including phenoxy) is 1. The highest BCUT2D eigenvalue weighted by atomic mass is 16.5. The molecule has 0 saturated heterocycles. The quantitative estimate of drug-likeness (QED) is 0.755. The number of oxazole rings is 1. The Morgan fingerprint density at radius 3 is 2.89 bits per heavy atom. The maximum absolute atomic E-state index is 11.2. The number of benzene rings is 1. The summed E-state index contributed by atoms with van der Waals surface area (Å²) in [6, 6.07) is 7.60. The summed E-state index contributed by atoms with van der Waals surface area (Å²) in [5.41, 5.74) is 1.60. The van der Waals surface area contributed by atoms with E-state index in [1.807, 2.05) is 36.1 Å². The van der Waals surface area contributed by atoms with Gasteiger partial charge in [-0.15, -0.1) is 0 Å². The van der Waals surface area contributed by atoms with E-state index in [1.165, 1.54) is 7.11 Å². The van der Waals surface area contributed by atoms with Gasteiger partial charge in [0.1, 0.15) is 5.52 Å². The Balaban J connectivity index is 2.09. The standard InChI is InChI=1S/C13H16N2O3/c1-3-15(9-13(16)17-2)8-12-14-10-6-4-5-7-11(10)18-12/h4-7H,3,8-9H2,1-2H3. The highest BCUT2D eigenvalue weighted by Crippen LogP contribution is 2.15. The first-order valence-corrected chi connectivity index (χ1v) is 5.86. The second-order valence-electron chi connectivity index (χ2n) is 3.95. The Bertz CT molecular complexity index is 503. The summed E-state index contributed by atoms with van der Waals surface area (Å²) >= 11 is 0. The van der Waals surface area contributed by atoms with E-state index in [2.05, 4.69) is 9.72 Å². The highest BCUT2D eigenvalue weighted by Gasteiger charge is 2.13. The Labute approximate surface area is 105 Å². The molecule has 0 atom stereocenters. The number of hydrogen-bond donors (Lipinski definition) is 0. The molecule has 5 nitrogen and oxygen atoms in total. The van der Waals surface area contributed by atoms with Crippen molar-refractivity contribution in [3.8, 4) is 0 Å². The van der Waals surface area contributed by atoms with Crippen molar-refractivity contribution >= 4 is 17.1 Å². The molecule has 96 valence electrons. The third-order valence-electron chi connectivity index (χ3n) is 2.72. The number of aromatic nitrogens is 1. The van der Waals surface area contributed by atoms with Gasteiger partial charge in [0.15, 0.2) is 5.58 Å². The smallest absolute Gasteiger partial charge is 0.319 e. The molecule has 0 spiro atoms. The van der Waals surface area contributed by atoms with Crippen LogP contribution in [-0.2, 0) is 16.1 Å². The fraction of sp³-hybridized carbons (Fsp3) is 0.385. The number of para-hydroxylation sites is 2.